The van der Waals surface area contributed by atoms with Gasteiger partial charge in [0, 0.05) is 24.8 Å². The predicted octanol–water partition coefficient (Wildman–Crippen LogP) is 1.57. The quantitative estimate of drug-likeness (QED) is 0.791. The molecule has 0 saturated carbocycles. The number of carbonyl (C=O) groups excluding carboxylic acids is 2. The van der Waals surface area contributed by atoms with Crippen LogP contribution in [0.15, 0.2) is 24.3 Å². The van der Waals surface area contributed by atoms with Gasteiger partial charge in [0.15, 0.2) is 6.61 Å². The molecule has 1 fully saturated rings. The van der Waals surface area contributed by atoms with Gasteiger partial charge in [-0.15, -0.1) is 0 Å². The van der Waals surface area contributed by atoms with Crippen molar-refractivity contribution < 1.29 is 29.0 Å². The van der Waals surface area contributed by atoms with E-state index in [0.29, 0.717) is 24.4 Å². The number of carbonyl (C=O) groups is 3. The van der Waals surface area contributed by atoms with Gasteiger partial charge in [0.2, 0.25) is 0 Å². The summed E-state index contributed by atoms with van der Waals surface area (Å²) in [7, 11) is 1.27. The monoisotopic (exact) mass is 336 g/mol. The molecular weight excluding hydrogens is 316 g/mol. The van der Waals surface area contributed by atoms with Gasteiger partial charge in [0.25, 0.3) is 0 Å². The number of nitrogens with one attached hydrogen (secondary N) is 1. The number of hydrogen-bond acceptors (Lipinski definition) is 5. The maximum atomic E-state index is 12.3. The Balaban J connectivity index is 1.95. The van der Waals surface area contributed by atoms with Crippen LogP contribution in [-0.2, 0) is 14.3 Å². The zero-order valence-corrected chi connectivity index (χ0v) is 13.6. The van der Waals surface area contributed by atoms with Crippen LogP contribution < -0.4 is 10.1 Å². The Bertz CT molecular complexity index is 647. The van der Waals surface area contributed by atoms with E-state index < -0.39 is 17.4 Å². The summed E-state index contributed by atoms with van der Waals surface area (Å²) in [4.78, 5) is 36.0. The second-order valence-electron chi connectivity index (χ2n) is 5.86. The van der Waals surface area contributed by atoms with E-state index >= 15 is 0 Å². The summed E-state index contributed by atoms with van der Waals surface area (Å²) in [5.41, 5.74) is -0.422. The molecule has 1 aromatic rings. The third kappa shape index (κ3) is 4.15. The summed E-state index contributed by atoms with van der Waals surface area (Å²) in [6.45, 7) is 1.95. The molecule has 1 aromatic carbocycles. The summed E-state index contributed by atoms with van der Waals surface area (Å²) in [5.74, 6) is -1.000. The highest BCUT2D eigenvalue weighted by Gasteiger charge is 2.42. The normalized spacial score (nSPS) is 19.7. The topological polar surface area (TPSA) is 105 Å². The number of aliphatic carboxylic acids is 1. The van der Waals surface area contributed by atoms with E-state index in [0.717, 1.165) is 0 Å². The van der Waals surface area contributed by atoms with Crippen molar-refractivity contribution >= 4 is 23.7 Å². The average Bonchev–Trinajstić information content (AvgIpc) is 2.97. The minimum absolute atomic E-state index is 0.159. The third-order valence-corrected chi connectivity index (χ3v) is 3.95. The van der Waals surface area contributed by atoms with E-state index in [1.165, 1.54) is 12.0 Å². The number of methoxy groups -OCH3 is 1. The zero-order chi connectivity index (χ0) is 17.7. The molecule has 1 atom stereocenters. The van der Waals surface area contributed by atoms with Gasteiger partial charge in [0.1, 0.15) is 5.75 Å². The largest absolute Gasteiger partial charge is 0.482 e. The summed E-state index contributed by atoms with van der Waals surface area (Å²) in [6.07, 6.45) is 0.415. The minimum atomic E-state index is -0.914. The fourth-order valence-electron chi connectivity index (χ4n) is 2.38. The number of esters is 1. The lowest BCUT2D eigenvalue weighted by Gasteiger charge is -2.20. The van der Waals surface area contributed by atoms with E-state index in [9.17, 15) is 19.5 Å². The van der Waals surface area contributed by atoms with Crippen LogP contribution in [0.2, 0.25) is 0 Å². The SMILES string of the molecule is COC(=O)COc1cccc(NC(=O)N2CCC(C)(C(=O)O)C2)c1. The molecule has 1 saturated heterocycles. The number of nitrogens with zero attached hydrogens (tertiary/aromatic N) is 1. The first-order valence-electron chi connectivity index (χ1n) is 7.43. The number of anilines is 1. The van der Waals surface area contributed by atoms with Gasteiger partial charge in [-0.25, -0.2) is 9.59 Å². The van der Waals surface area contributed by atoms with Gasteiger partial charge in [-0.05, 0) is 25.5 Å². The molecule has 2 N–H and O–H groups in total. The fraction of sp³-hybridized carbons (Fsp3) is 0.438. The van der Waals surface area contributed by atoms with Gasteiger partial charge in [-0.3, -0.25) is 4.79 Å². The van der Waals surface area contributed by atoms with Crippen LogP contribution in [0, 0.1) is 5.41 Å². The van der Waals surface area contributed by atoms with Crippen molar-refractivity contribution in [3.05, 3.63) is 24.3 Å². The predicted molar refractivity (Wildman–Crippen MR) is 84.9 cm³/mol. The van der Waals surface area contributed by atoms with Crippen molar-refractivity contribution in [2.24, 2.45) is 5.41 Å². The first-order valence-corrected chi connectivity index (χ1v) is 7.43. The van der Waals surface area contributed by atoms with Crippen LogP contribution in [0.1, 0.15) is 13.3 Å². The van der Waals surface area contributed by atoms with Crippen LogP contribution in [0.3, 0.4) is 0 Å². The van der Waals surface area contributed by atoms with Crippen molar-refractivity contribution in [3.8, 4) is 5.75 Å². The van der Waals surface area contributed by atoms with Gasteiger partial charge in [-0.1, -0.05) is 6.07 Å². The second kappa shape index (κ2) is 7.20. The van der Waals surface area contributed by atoms with E-state index in [4.69, 9.17) is 4.74 Å². The number of hydrogen-bond donors (Lipinski definition) is 2. The molecule has 0 aliphatic carbocycles. The number of carboxylic acids is 1. The molecule has 0 radical (unpaired) electrons. The van der Waals surface area contributed by atoms with Gasteiger partial charge in [0.05, 0.1) is 12.5 Å². The van der Waals surface area contributed by atoms with Crippen LogP contribution in [0.25, 0.3) is 0 Å². The van der Waals surface area contributed by atoms with Crippen molar-refractivity contribution in [2.45, 2.75) is 13.3 Å². The Hall–Kier alpha value is -2.77. The van der Waals surface area contributed by atoms with Crippen molar-refractivity contribution in [2.75, 3.05) is 32.1 Å². The van der Waals surface area contributed by atoms with Crippen molar-refractivity contribution in [1.29, 1.82) is 0 Å². The van der Waals surface area contributed by atoms with E-state index in [-0.39, 0.29) is 19.2 Å². The molecule has 1 aliphatic heterocycles. The molecule has 24 heavy (non-hydrogen) atoms. The smallest absolute Gasteiger partial charge is 0.343 e. The van der Waals surface area contributed by atoms with Crippen LogP contribution >= 0.6 is 0 Å². The second-order valence-corrected chi connectivity index (χ2v) is 5.86. The Labute approximate surface area is 139 Å². The molecular formula is C16H20N2O6. The molecule has 1 aliphatic rings. The number of carboxylic acid groups (broad SMARTS) is 1. The molecule has 0 spiro atoms. The summed E-state index contributed by atoms with van der Waals surface area (Å²) in [5, 5.41) is 11.9. The molecule has 8 nitrogen and oxygen atoms in total. The highest BCUT2D eigenvalue weighted by atomic mass is 16.6. The molecule has 2 rings (SSSR count). The van der Waals surface area contributed by atoms with Crippen LogP contribution in [0.5, 0.6) is 5.75 Å². The number of urea groups is 1. The lowest BCUT2D eigenvalue weighted by atomic mass is 9.90. The van der Waals surface area contributed by atoms with Crippen molar-refractivity contribution in [3.63, 3.8) is 0 Å². The minimum Gasteiger partial charge on any atom is -0.482 e. The molecule has 8 heteroatoms. The number of likely N-dealkylation sites (tertiary alicyclic amines) is 1. The molecule has 130 valence electrons. The molecule has 2 amide bonds. The van der Waals surface area contributed by atoms with Gasteiger partial charge >= 0.3 is 18.0 Å². The highest BCUT2D eigenvalue weighted by Crippen LogP contribution is 2.30. The maximum absolute atomic E-state index is 12.3. The third-order valence-electron chi connectivity index (χ3n) is 3.95. The zero-order valence-electron chi connectivity index (χ0n) is 13.6. The Morgan fingerprint density at radius 1 is 1.38 bits per heavy atom. The first-order chi connectivity index (χ1) is 11.3. The molecule has 1 heterocycles. The highest BCUT2D eigenvalue weighted by molar-refractivity contribution is 5.90. The average molecular weight is 336 g/mol. The van der Waals surface area contributed by atoms with E-state index in [2.05, 4.69) is 10.1 Å². The molecule has 0 aromatic heterocycles. The fourth-order valence-corrected chi connectivity index (χ4v) is 2.38. The van der Waals surface area contributed by atoms with E-state index in [1.54, 1.807) is 31.2 Å². The Kier molecular flexibility index (Phi) is 5.28. The molecule has 1 unspecified atom stereocenters. The first kappa shape index (κ1) is 17.6. The van der Waals surface area contributed by atoms with Gasteiger partial charge in [-0.2, -0.15) is 0 Å². The van der Waals surface area contributed by atoms with Crippen LogP contribution in [-0.4, -0.2) is 54.8 Å². The summed E-state index contributed by atoms with van der Waals surface area (Å²) in [6, 6.07) is 6.21. The number of ether oxygens (including phenoxy) is 2. The molecule has 0 bridgehead atoms. The Morgan fingerprint density at radius 2 is 2.12 bits per heavy atom. The number of rotatable bonds is 5. The standard InChI is InChI=1S/C16H20N2O6/c1-16(14(20)21)6-7-18(10-16)15(22)17-11-4-3-5-12(8-11)24-9-13(19)23-2/h3-5,8H,6-7,9-10H2,1-2H3,(H,17,22)(H,20,21). The number of amides is 2. The lowest BCUT2D eigenvalue weighted by molar-refractivity contribution is -0.147. The maximum Gasteiger partial charge on any atom is 0.343 e. The summed E-state index contributed by atoms with van der Waals surface area (Å²) >= 11 is 0. The van der Waals surface area contributed by atoms with Crippen molar-refractivity contribution in [1.82, 2.24) is 4.90 Å². The summed E-state index contributed by atoms with van der Waals surface area (Å²) < 4.78 is 9.74. The number of benzene rings is 1. The van der Waals surface area contributed by atoms with E-state index in [1.807, 2.05) is 0 Å². The lowest BCUT2D eigenvalue weighted by Crippen LogP contribution is -2.37. The Morgan fingerprint density at radius 3 is 2.75 bits per heavy atom. The van der Waals surface area contributed by atoms with Crippen LogP contribution in [0.4, 0.5) is 10.5 Å². The van der Waals surface area contributed by atoms with Gasteiger partial charge < -0.3 is 24.8 Å².